The number of benzene rings is 2. The molecule has 4 nitrogen and oxygen atoms in total. The largest absolute Gasteiger partial charge is 0.493 e. The van der Waals surface area contributed by atoms with Gasteiger partial charge in [0, 0.05) is 13.0 Å². The highest BCUT2D eigenvalue weighted by Crippen LogP contribution is 2.32. The number of amides is 1. The third kappa shape index (κ3) is 5.97. The van der Waals surface area contributed by atoms with Crippen LogP contribution in [0.4, 0.5) is 0 Å². The Morgan fingerprint density at radius 2 is 1.67 bits per heavy atom. The average Bonchev–Trinajstić information content (AvgIpc) is 2.96. The fraction of sp³-hybridized carbons (Fsp3) is 0.250. The molecule has 0 N–H and O–H groups in total. The Balaban J connectivity index is 1.46. The van der Waals surface area contributed by atoms with Crippen LogP contribution in [0.2, 0.25) is 0 Å². The molecule has 2 aromatic rings. The van der Waals surface area contributed by atoms with E-state index in [0.29, 0.717) is 29.0 Å². The lowest BCUT2D eigenvalue weighted by Gasteiger charge is -2.10. The predicted octanol–water partition coefficient (Wildman–Crippen LogP) is 5.54. The first-order valence-electron chi connectivity index (χ1n) is 9.76. The number of hydrogen-bond donors (Lipinski definition) is 0. The standard InChI is InChI=1S/C24H25NO3S2/c1-4-10-25-23(26)22(30-24(25)29)16-19-6-8-20(9-7-19)27-11-5-12-28-21-14-17(2)13-18(3)15-21/h4,6-9,13-16H,1,5,10-12H2,2-3H3/b22-16+. The van der Waals surface area contributed by atoms with Crippen molar-refractivity contribution in [3.05, 3.63) is 76.7 Å². The first-order valence-corrected chi connectivity index (χ1v) is 11.0. The second-order valence-electron chi connectivity index (χ2n) is 7.02. The van der Waals surface area contributed by atoms with Gasteiger partial charge in [-0.25, -0.2) is 0 Å². The van der Waals surface area contributed by atoms with Crippen LogP contribution in [0.1, 0.15) is 23.1 Å². The third-order valence-electron chi connectivity index (χ3n) is 4.38. The van der Waals surface area contributed by atoms with E-state index in [1.807, 2.05) is 42.5 Å². The third-order valence-corrected chi connectivity index (χ3v) is 5.76. The quantitative estimate of drug-likeness (QED) is 0.222. The summed E-state index contributed by atoms with van der Waals surface area (Å²) < 4.78 is 12.2. The Hall–Kier alpha value is -2.57. The lowest BCUT2D eigenvalue weighted by Crippen LogP contribution is -2.27. The normalized spacial score (nSPS) is 15.0. The van der Waals surface area contributed by atoms with E-state index in [2.05, 4.69) is 26.5 Å². The number of thioether (sulfide) groups is 1. The van der Waals surface area contributed by atoms with Gasteiger partial charge in [0.2, 0.25) is 0 Å². The molecule has 6 heteroatoms. The van der Waals surface area contributed by atoms with Crippen LogP contribution in [0, 0.1) is 13.8 Å². The summed E-state index contributed by atoms with van der Waals surface area (Å²) >= 11 is 6.58. The zero-order valence-corrected chi connectivity index (χ0v) is 18.9. The Kier molecular flexibility index (Phi) is 7.71. The number of carbonyl (C=O) groups is 1. The number of rotatable bonds is 9. The second kappa shape index (κ2) is 10.5. The molecule has 0 aliphatic carbocycles. The Morgan fingerprint density at radius 1 is 1.03 bits per heavy atom. The van der Waals surface area contributed by atoms with Crippen molar-refractivity contribution in [1.82, 2.24) is 4.90 Å². The van der Waals surface area contributed by atoms with Crippen LogP contribution in [-0.2, 0) is 4.79 Å². The first kappa shape index (κ1) is 22.1. The van der Waals surface area contributed by atoms with Gasteiger partial charge in [-0.3, -0.25) is 9.69 Å². The van der Waals surface area contributed by atoms with Gasteiger partial charge in [-0.1, -0.05) is 48.3 Å². The number of aryl methyl sites for hydroxylation is 2. The molecule has 0 spiro atoms. The van der Waals surface area contributed by atoms with Gasteiger partial charge >= 0.3 is 0 Å². The summed E-state index contributed by atoms with van der Waals surface area (Å²) in [6.45, 7) is 9.41. The van der Waals surface area contributed by atoms with Crippen LogP contribution in [0.15, 0.2) is 60.0 Å². The highest BCUT2D eigenvalue weighted by molar-refractivity contribution is 8.26. The van der Waals surface area contributed by atoms with Gasteiger partial charge in [0.25, 0.3) is 5.91 Å². The van der Waals surface area contributed by atoms with E-state index in [4.69, 9.17) is 21.7 Å². The van der Waals surface area contributed by atoms with Crippen molar-refractivity contribution in [3.63, 3.8) is 0 Å². The van der Waals surface area contributed by atoms with Crippen LogP contribution in [0.25, 0.3) is 6.08 Å². The Morgan fingerprint density at radius 3 is 2.30 bits per heavy atom. The molecule has 0 atom stereocenters. The molecule has 0 saturated carbocycles. The van der Waals surface area contributed by atoms with E-state index in [9.17, 15) is 4.79 Å². The number of carbonyl (C=O) groups excluding carboxylic acids is 1. The zero-order chi connectivity index (χ0) is 21.5. The molecular weight excluding hydrogens is 414 g/mol. The van der Waals surface area contributed by atoms with Gasteiger partial charge in [-0.2, -0.15) is 0 Å². The maximum Gasteiger partial charge on any atom is 0.266 e. The summed E-state index contributed by atoms with van der Waals surface area (Å²) in [5, 5.41) is 0. The van der Waals surface area contributed by atoms with Gasteiger partial charge in [0.05, 0.1) is 18.1 Å². The van der Waals surface area contributed by atoms with Crippen molar-refractivity contribution in [2.45, 2.75) is 20.3 Å². The van der Waals surface area contributed by atoms with Crippen molar-refractivity contribution in [2.24, 2.45) is 0 Å². The number of thiocarbonyl (C=S) groups is 1. The minimum absolute atomic E-state index is 0.0750. The number of hydrogen-bond acceptors (Lipinski definition) is 5. The molecule has 1 amide bonds. The molecule has 30 heavy (non-hydrogen) atoms. The van der Waals surface area contributed by atoms with Crippen molar-refractivity contribution >= 4 is 40.3 Å². The van der Waals surface area contributed by atoms with E-state index < -0.39 is 0 Å². The molecular formula is C24H25NO3S2. The SMILES string of the molecule is C=CCN1C(=O)/C(=C\c2ccc(OCCCOc3cc(C)cc(C)c3)cc2)SC1=S. The second-order valence-corrected chi connectivity index (χ2v) is 8.70. The zero-order valence-electron chi connectivity index (χ0n) is 17.2. The summed E-state index contributed by atoms with van der Waals surface area (Å²) in [6.07, 6.45) is 4.32. The van der Waals surface area contributed by atoms with Crippen LogP contribution in [0.3, 0.4) is 0 Å². The van der Waals surface area contributed by atoms with Crippen LogP contribution in [-0.4, -0.2) is 34.9 Å². The smallest absolute Gasteiger partial charge is 0.266 e. The van der Waals surface area contributed by atoms with Gasteiger partial charge in [0.1, 0.15) is 15.8 Å². The molecule has 1 aliphatic rings. The van der Waals surface area contributed by atoms with Crippen LogP contribution < -0.4 is 9.47 Å². The average molecular weight is 440 g/mol. The lowest BCUT2D eigenvalue weighted by molar-refractivity contribution is -0.121. The highest BCUT2D eigenvalue weighted by atomic mass is 32.2. The molecule has 1 heterocycles. The molecule has 1 saturated heterocycles. The Bertz CT molecular complexity index is 947. The summed E-state index contributed by atoms with van der Waals surface area (Å²) in [7, 11) is 0. The van der Waals surface area contributed by atoms with Crippen LogP contribution in [0.5, 0.6) is 11.5 Å². The topological polar surface area (TPSA) is 38.8 Å². The van der Waals surface area contributed by atoms with Gasteiger partial charge in [0.15, 0.2) is 0 Å². The van der Waals surface area contributed by atoms with E-state index in [1.165, 1.54) is 22.9 Å². The first-order chi connectivity index (χ1) is 14.5. The fourth-order valence-electron chi connectivity index (χ4n) is 3.05. The van der Waals surface area contributed by atoms with Crippen molar-refractivity contribution in [2.75, 3.05) is 19.8 Å². The van der Waals surface area contributed by atoms with Gasteiger partial charge in [-0.05, 0) is 60.9 Å². The lowest BCUT2D eigenvalue weighted by atomic mass is 10.1. The van der Waals surface area contributed by atoms with E-state index in [0.717, 1.165) is 23.5 Å². The molecule has 1 aliphatic heterocycles. The number of nitrogens with zero attached hydrogens (tertiary/aromatic N) is 1. The molecule has 156 valence electrons. The predicted molar refractivity (Wildman–Crippen MR) is 128 cm³/mol. The molecule has 1 fully saturated rings. The maximum absolute atomic E-state index is 12.4. The molecule has 0 unspecified atom stereocenters. The van der Waals surface area contributed by atoms with Gasteiger partial charge in [-0.15, -0.1) is 6.58 Å². The molecule has 0 aromatic heterocycles. The maximum atomic E-state index is 12.4. The summed E-state index contributed by atoms with van der Waals surface area (Å²) in [6, 6.07) is 13.9. The molecule has 0 bridgehead atoms. The molecule has 2 aromatic carbocycles. The van der Waals surface area contributed by atoms with E-state index in [-0.39, 0.29) is 5.91 Å². The summed E-state index contributed by atoms with van der Waals surface area (Å²) in [4.78, 5) is 14.6. The van der Waals surface area contributed by atoms with Gasteiger partial charge < -0.3 is 9.47 Å². The Labute approximate surface area is 187 Å². The monoisotopic (exact) mass is 439 g/mol. The minimum Gasteiger partial charge on any atom is -0.493 e. The minimum atomic E-state index is -0.0750. The summed E-state index contributed by atoms with van der Waals surface area (Å²) in [5.74, 6) is 1.61. The van der Waals surface area contributed by atoms with Crippen LogP contribution >= 0.6 is 24.0 Å². The summed E-state index contributed by atoms with van der Waals surface area (Å²) in [5.41, 5.74) is 3.33. The molecule has 0 radical (unpaired) electrons. The van der Waals surface area contributed by atoms with E-state index in [1.54, 1.807) is 11.0 Å². The number of ether oxygens (including phenoxy) is 2. The van der Waals surface area contributed by atoms with E-state index >= 15 is 0 Å². The van der Waals surface area contributed by atoms with Crippen molar-refractivity contribution in [3.8, 4) is 11.5 Å². The van der Waals surface area contributed by atoms with Crippen molar-refractivity contribution < 1.29 is 14.3 Å². The highest BCUT2D eigenvalue weighted by Gasteiger charge is 2.30. The molecule has 3 rings (SSSR count). The fourth-order valence-corrected chi connectivity index (χ4v) is 4.33. The van der Waals surface area contributed by atoms with Crippen molar-refractivity contribution in [1.29, 1.82) is 0 Å².